The number of carbonyl (C=O) groups is 1. The molecule has 2 aliphatic rings. The van der Waals surface area contributed by atoms with E-state index >= 15 is 0 Å². The second kappa shape index (κ2) is 6.95. The van der Waals surface area contributed by atoms with Gasteiger partial charge in [-0.3, -0.25) is 4.79 Å². The number of Topliss-reactive ketones (excluding diaryl/α,β-unsaturated/α-hetero) is 1. The number of likely N-dealkylation sites (tertiary alicyclic amines) is 1. The van der Waals surface area contributed by atoms with Crippen LogP contribution in [0.1, 0.15) is 30.1 Å². The number of ether oxygens (including phenoxy) is 1. The molecule has 2 aliphatic heterocycles. The van der Waals surface area contributed by atoms with Crippen LogP contribution in [0.2, 0.25) is 0 Å². The van der Waals surface area contributed by atoms with E-state index in [2.05, 4.69) is 9.88 Å². The van der Waals surface area contributed by atoms with Crippen LogP contribution in [-0.2, 0) is 4.74 Å². The first kappa shape index (κ1) is 16.4. The Morgan fingerprint density at radius 1 is 1.35 bits per heavy atom. The fourth-order valence-corrected chi connectivity index (χ4v) is 3.35. The van der Waals surface area contributed by atoms with Crippen molar-refractivity contribution in [2.24, 2.45) is 0 Å². The molecule has 0 aliphatic carbocycles. The number of pyridine rings is 1. The zero-order chi connectivity index (χ0) is 16.3. The highest BCUT2D eigenvalue weighted by Crippen LogP contribution is 2.21. The summed E-state index contributed by atoms with van der Waals surface area (Å²) in [5.74, 6) is 0.786. The molecule has 6 nitrogen and oxygen atoms in total. The monoisotopic (exact) mass is 319 g/mol. The maximum Gasteiger partial charge on any atom is 0.161 e. The highest BCUT2D eigenvalue weighted by atomic mass is 16.5. The van der Waals surface area contributed by atoms with Crippen molar-refractivity contribution in [2.45, 2.75) is 25.4 Å². The fourth-order valence-electron chi connectivity index (χ4n) is 3.35. The van der Waals surface area contributed by atoms with E-state index in [0.717, 1.165) is 18.9 Å². The third kappa shape index (κ3) is 4.07. The average molecular weight is 319 g/mol. The van der Waals surface area contributed by atoms with E-state index < -0.39 is 5.60 Å². The molecule has 3 rings (SSSR count). The summed E-state index contributed by atoms with van der Waals surface area (Å²) in [5.41, 5.74) is -0.283. The molecule has 2 fully saturated rings. The minimum atomic E-state index is -0.887. The molecule has 1 atom stereocenters. The van der Waals surface area contributed by atoms with Crippen LogP contribution in [0, 0.1) is 0 Å². The molecule has 1 N–H and O–H groups in total. The van der Waals surface area contributed by atoms with Gasteiger partial charge < -0.3 is 19.6 Å². The van der Waals surface area contributed by atoms with Gasteiger partial charge in [0.05, 0.1) is 19.8 Å². The van der Waals surface area contributed by atoms with Crippen molar-refractivity contribution >= 4 is 11.6 Å². The lowest BCUT2D eigenvalue weighted by Gasteiger charge is -2.34. The summed E-state index contributed by atoms with van der Waals surface area (Å²) in [5, 5.41) is 11.0. The summed E-state index contributed by atoms with van der Waals surface area (Å²) in [6.07, 6.45) is 4.01. The van der Waals surface area contributed by atoms with Gasteiger partial charge in [0.1, 0.15) is 11.4 Å². The molecular formula is C17H25N3O3. The summed E-state index contributed by atoms with van der Waals surface area (Å²) in [6, 6.07) is 3.63. The van der Waals surface area contributed by atoms with Gasteiger partial charge in [-0.25, -0.2) is 4.98 Å². The molecule has 0 spiro atoms. The van der Waals surface area contributed by atoms with Crippen molar-refractivity contribution in [3.05, 3.63) is 23.9 Å². The van der Waals surface area contributed by atoms with Crippen molar-refractivity contribution in [1.82, 2.24) is 9.88 Å². The molecule has 23 heavy (non-hydrogen) atoms. The maximum atomic E-state index is 11.4. The molecule has 3 heterocycles. The Bertz CT molecular complexity index is 543. The van der Waals surface area contributed by atoms with Crippen LogP contribution in [0.15, 0.2) is 18.3 Å². The first-order chi connectivity index (χ1) is 11.1. The van der Waals surface area contributed by atoms with Gasteiger partial charge in [-0.2, -0.15) is 0 Å². The van der Waals surface area contributed by atoms with E-state index in [0.29, 0.717) is 38.4 Å². The number of carbonyl (C=O) groups excluding carboxylic acids is 1. The molecule has 0 aromatic carbocycles. The molecule has 0 unspecified atom stereocenters. The third-order valence-electron chi connectivity index (χ3n) is 4.56. The fraction of sp³-hybridized carbons (Fsp3) is 0.647. The van der Waals surface area contributed by atoms with E-state index in [4.69, 9.17) is 4.74 Å². The summed E-state index contributed by atoms with van der Waals surface area (Å²) in [6.45, 7) is 6.37. The Balaban J connectivity index is 1.71. The second-order valence-corrected chi connectivity index (χ2v) is 6.64. The SMILES string of the molecule is CC(=O)c1ccc(N2CCOC[C@@](O)(CN3CCCC3)C2)nc1. The van der Waals surface area contributed by atoms with E-state index in [-0.39, 0.29) is 5.78 Å². The molecule has 0 amide bonds. The number of β-amino-alcohol motifs (C(OH)–C–C–N with tert-alkyl or cyclic N) is 1. The summed E-state index contributed by atoms with van der Waals surface area (Å²) in [7, 11) is 0. The van der Waals surface area contributed by atoms with Crippen LogP contribution in [0.3, 0.4) is 0 Å². The molecule has 1 aromatic heterocycles. The van der Waals surface area contributed by atoms with Crippen molar-refractivity contribution < 1.29 is 14.6 Å². The minimum Gasteiger partial charge on any atom is -0.384 e. The van der Waals surface area contributed by atoms with Gasteiger partial charge in [-0.15, -0.1) is 0 Å². The number of anilines is 1. The van der Waals surface area contributed by atoms with E-state index in [1.807, 2.05) is 11.0 Å². The van der Waals surface area contributed by atoms with Crippen LogP contribution >= 0.6 is 0 Å². The Morgan fingerprint density at radius 3 is 2.78 bits per heavy atom. The predicted molar refractivity (Wildman–Crippen MR) is 87.9 cm³/mol. The Morgan fingerprint density at radius 2 is 2.13 bits per heavy atom. The van der Waals surface area contributed by atoms with Crippen molar-refractivity contribution in [2.75, 3.05) is 50.8 Å². The van der Waals surface area contributed by atoms with Gasteiger partial charge in [0, 0.05) is 24.8 Å². The van der Waals surface area contributed by atoms with Crippen LogP contribution in [0.25, 0.3) is 0 Å². The molecule has 1 aromatic rings. The molecule has 0 saturated carbocycles. The van der Waals surface area contributed by atoms with Gasteiger partial charge in [-0.05, 0) is 45.0 Å². The zero-order valence-electron chi connectivity index (χ0n) is 13.7. The van der Waals surface area contributed by atoms with E-state index in [1.165, 1.54) is 19.8 Å². The number of aliphatic hydroxyl groups is 1. The average Bonchev–Trinajstić information content (AvgIpc) is 2.95. The van der Waals surface area contributed by atoms with Crippen LogP contribution in [-0.4, -0.2) is 72.3 Å². The lowest BCUT2D eigenvalue weighted by molar-refractivity contribution is -0.0439. The van der Waals surface area contributed by atoms with Crippen molar-refractivity contribution in [3.63, 3.8) is 0 Å². The highest BCUT2D eigenvalue weighted by molar-refractivity contribution is 5.93. The summed E-state index contributed by atoms with van der Waals surface area (Å²) in [4.78, 5) is 20.1. The second-order valence-electron chi connectivity index (χ2n) is 6.64. The Kier molecular flexibility index (Phi) is 4.94. The van der Waals surface area contributed by atoms with Crippen molar-refractivity contribution in [3.8, 4) is 0 Å². The first-order valence-corrected chi connectivity index (χ1v) is 8.30. The minimum absolute atomic E-state index is 0.00814. The van der Waals surface area contributed by atoms with Crippen LogP contribution in [0.5, 0.6) is 0 Å². The van der Waals surface area contributed by atoms with Crippen LogP contribution < -0.4 is 4.90 Å². The van der Waals surface area contributed by atoms with Gasteiger partial charge >= 0.3 is 0 Å². The van der Waals surface area contributed by atoms with E-state index in [1.54, 1.807) is 12.3 Å². The van der Waals surface area contributed by atoms with Gasteiger partial charge in [0.15, 0.2) is 5.78 Å². The largest absolute Gasteiger partial charge is 0.384 e. The third-order valence-corrected chi connectivity index (χ3v) is 4.56. The van der Waals surface area contributed by atoms with Crippen LogP contribution in [0.4, 0.5) is 5.82 Å². The summed E-state index contributed by atoms with van der Waals surface area (Å²) >= 11 is 0. The normalized spacial score (nSPS) is 26.3. The number of nitrogens with zero attached hydrogens (tertiary/aromatic N) is 3. The number of aromatic nitrogens is 1. The molecule has 6 heteroatoms. The number of hydrogen-bond donors (Lipinski definition) is 1. The van der Waals surface area contributed by atoms with Gasteiger partial charge in [-0.1, -0.05) is 0 Å². The smallest absolute Gasteiger partial charge is 0.161 e. The zero-order valence-corrected chi connectivity index (χ0v) is 13.7. The number of rotatable bonds is 4. The lowest BCUT2D eigenvalue weighted by Crippen LogP contribution is -2.52. The molecular weight excluding hydrogens is 294 g/mol. The number of ketones is 1. The Hall–Kier alpha value is -1.50. The predicted octanol–water partition coefficient (Wildman–Crippen LogP) is 0.948. The molecule has 126 valence electrons. The lowest BCUT2D eigenvalue weighted by atomic mass is 10.0. The van der Waals surface area contributed by atoms with Crippen molar-refractivity contribution in [1.29, 1.82) is 0 Å². The number of hydrogen-bond acceptors (Lipinski definition) is 6. The first-order valence-electron chi connectivity index (χ1n) is 8.30. The molecule has 0 bridgehead atoms. The molecule has 0 radical (unpaired) electrons. The maximum absolute atomic E-state index is 11.4. The highest BCUT2D eigenvalue weighted by Gasteiger charge is 2.35. The Labute approximate surface area is 137 Å². The topological polar surface area (TPSA) is 65.9 Å². The quantitative estimate of drug-likeness (QED) is 0.834. The standard InChI is InChI=1S/C17H25N3O3/c1-14(21)15-4-5-16(18-10-15)20-8-9-23-13-17(22,12-20)11-19-6-2-3-7-19/h4-5,10,22H,2-3,6-9,11-13H2,1H3/t17-/m1/s1. The molecule has 2 saturated heterocycles. The van der Waals surface area contributed by atoms with Gasteiger partial charge in [0.2, 0.25) is 0 Å². The summed E-state index contributed by atoms with van der Waals surface area (Å²) < 4.78 is 5.63. The van der Waals surface area contributed by atoms with E-state index in [9.17, 15) is 9.90 Å². The van der Waals surface area contributed by atoms with Gasteiger partial charge in [0.25, 0.3) is 0 Å².